The Morgan fingerprint density at radius 2 is 1.83 bits per heavy atom. The molecule has 1 aliphatic heterocycles. The highest BCUT2D eigenvalue weighted by Gasteiger charge is 2.18. The van der Waals surface area contributed by atoms with Crippen molar-refractivity contribution in [2.45, 2.75) is 4.90 Å². The molecule has 124 valence electrons. The second-order valence-electron chi connectivity index (χ2n) is 5.14. The number of hydrogen-bond acceptors (Lipinski definition) is 5. The smallest absolute Gasteiger partial charge is 0.285 e. The minimum atomic E-state index is -3.93. The number of halogens is 1. The molecule has 0 N–H and O–H groups in total. The van der Waals surface area contributed by atoms with Crippen LogP contribution in [0.3, 0.4) is 0 Å². The minimum absolute atomic E-state index is 0.0597. The summed E-state index contributed by atoms with van der Waals surface area (Å²) in [6.07, 6.45) is 0. The van der Waals surface area contributed by atoms with Crippen LogP contribution in [0, 0.1) is 5.82 Å². The molecule has 9 heteroatoms. The van der Waals surface area contributed by atoms with E-state index < -0.39 is 15.8 Å². The Balaban J connectivity index is 1.88. The summed E-state index contributed by atoms with van der Waals surface area (Å²) in [5, 5.41) is 0. The normalized spacial score (nSPS) is 14.5. The van der Waals surface area contributed by atoms with Crippen molar-refractivity contribution in [1.29, 1.82) is 0 Å². The predicted molar refractivity (Wildman–Crippen MR) is 86.1 cm³/mol. The van der Waals surface area contributed by atoms with E-state index in [1.54, 1.807) is 23.7 Å². The van der Waals surface area contributed by atoms with Crippen LogP contribution in [0.4, 0.5) is 4.39 Å². The second-order valence-corrected chi connectivity index (χ2v) is 7.75. The maximum atomic E-state index is 13.0. The third kappa shape index (κ3) is 2.45. The molecule has 6 nitrogen and oxygen atoms in total. The Morgan fingerprint density at radius 1 is 1.17 bits per heavy atom. The van der Waals surface area contributed by atoms with Gasteiger partial charge in [0, 0.05) is 19.2 Å². The first kappa shape index (κ1) is 15.2. The first-order chi connectivity index (χ1) is 11.4. The number of aromatic nitrogens is 1. The highest BCUT2D eigenvalue weighted by Crippen LogP contribution is 2.36. The number of hydrogen-bond donors (Lipinski definition) is 0. The molecule has 0 saturated carbocycles. The first-order valence-electron chi connectivity index (χ1n) is 6.90. The molecule has 0 fully saturated rings. The van der Waals surface area contributed by atoms with Gasteiger partial charge in [-0.2, -0.15) is 8.42 Å². The van der Waals surface area contributed by atoms with Gasteiger partial charge < -0.3 is 14.0 Å². The van der Waals surface area contributed by atoms with Crippen LogP contribution >= 0.6 is 11.3 Å². The van der Waals surface area contributed by atoms with Crippen molar-refractivity contribution in [2.24, 2.45) is 11.4 Å². The van der Waals surface area contributed by atoms with Crippen LogP contribution in [0.25, 0.3) is 10.2 Å². The molecule has 4 rings (SSSR count). The molecule has 0 radical (unpaired) electrons. The van der Waals surface area contributed by atoms with E-state index in [1.165, 1.54) is 23.5 Å². The highest BCUT2D eigenvalue weighted by atomic mass is 32.2. The number of aryl methyl sites for hydroxylation is 1. The zero-order valence-corrected chi connectivity index (χ0v) is 14.0. The second kappa shape index (κ2) is 5.32. The summed E-state index contributed by atoms with van der Waals surface area (Å²) >= 11 is 1.22. The third-order valence-corrected chi connectivity index (χ3v) is 6.10. The van der Waals surface area contributed by atoms with E-state index in [-0.39, 0.29) is 11.7 Å². The highest BCUT2D eigenvalue weighted by molar-refractivity contribution is 7.90. The number of nitrogens with zero attached hydrogens (tertiary/aromatic N) is 2. The Hall–Kier alpha value is -2.39. The molecule has 0 amide bonds. The maximum Gasteiger partial charge on any atom is 0.285 e. The van der Waals surface area contributed by atoms with Crippen LogP contribution in [0.1, 0.15) is 0 Å². The molecule has 3 aromatic rings. The van der Waals surface area contributed by atoms with Crippen LogP contribution in [0.2, 0.25) is 0 Å². The molecule has 0 unspecified atom stereocenters. The van der Waals surface area contributed by atoms with Gasteiger partial charge in [0.2, 0.25) is 11.6 Å². The molecule has 2 heterocycles. The van der Waals surface area contributed by atoms with Gasteiger partial charge in [0.15, 0.2) is 11.5 Å². The SMILES string of the molecule is Cn1c(=NS(=O)(=O)c2ccc(F)cc2)sc2cc3c(cc21)OCO3. The lowest BCUT2D eigenvalue weighted by atomic mass is 10.3. The van der Waals surface area contributed by atoms with Gasteiger partial charge >= 0.3 is 0 Å². The van der Waals surface area contributed by atoms with Gasteiger partial charge in [-0.3, -0.25) is 0 Å². The van der Waals surface area contributed by atoms with Crippen molar-refractivity contribution in [3.63, 3.8) is 0 Å². The van der Waals surface area contributed by atoms with E-state index in [0.717, 1.165) is 22.3 Å². The summed E-state index contributed by atoms with van der Waals surface area (Å²) in [4.78, 5) is 0.244. The molecule has 0 spiro atoms. The fraction of sp³-hybridized carbons (Fsp3) is 0.133. The topological polar surface area (TPSA) is 69.9 Å². The van der Waals surface area contributed by atoms with Gasteiger partial charge in [-0.05, 0) is 24.3 Å². The van der Waals surface area contributed by atoms with Gasteiger partial charge in [-0.1, -0.05) is 11.3 Å². The zero-order valence-electron chi connectivity index (χ0n) is 12.4. The molecular formula is C15H11FN2O4S2. The molecule has 0 atom stereocenters. The maximum absolute atomic E-state index is 13.0. The first-order valence-corrected chi connectivity index (χ1v) is 9.15. The van der Waals surface area contributed by atoms with Gasteiger partial charge in [0.05, 0.1) is 15.1 Å². The Morgan fingerprint density at radius 3 is 2.54 bits per heavy atom. The van der Waals surface area contributed by atoms with E-state index in [9.17, 15) is 12.8 Å². The van der Waals surface area contributed by atoms with Gasteiger partial charge in [0.25, 0.3) is 10.0 Å². The van der Waals surface area contributed by atoms with Crippen molar-refractivity contribution < 1.29 is 22.3 Å². The summed E-state index contributed by atoms with van der Waals surface area (Å²) in [5.74, 6) is 0.733. The van der Waals surface area contributed by atoms with Crippen molar-refractivity contribution in [3.8, 4) is 11.5 Å². The zero-order chi connectivity index (χ0) is 16.9. The van der Waals surface area contributed by atoms with E-state index >= 15 is 0 Å². The van der Waals surface area contributed by atoms with Gasteiger partial charge in [0.1, 0.15) is 5.82 Å². The fourth-order valence-corrected chi connectivity index (χ4v) is 4.62. The number of fused-ring (bicyclic) bond motifs is 2. The Bertz CT molecular complexity index is 1110. The van der Waals surface area contributed by atoms with Crippen LogP contribution in [-0.4, -0.2) is 19.8 Å². The predicted octanol–water partition coefficient (Wildman–Crippen LogP) is 2.40. The van der Waals surface area contributed by atoms with Crippen molar-refractivity contribution >= 4 is 31.6 Å². The third-order valence-electron chi connectivity index (χ3n) is 3.61. The molecule has 1 aromatic heterocycles. The lowest BCUT2D eigenvalue weighted by molar-refractivity contribution is 0.174. The van der Waals surface area contributed by atoms with Gasteiger partial charge in [-0.15, -0.1) is 4.40 Å². The average Bonchev–Trinajstić information content (AvgIpc) is 3.10. The fourth-order valence-electron chi connectivity index (χ4n) is 2.37. The van der Waals surface area contributed by atoms with E-state index in [0.29, 0.717) is 16.3 Å². The van der Waals surface area contributed by atoms with E-state index in [1.807, 2.05) is 0 Å². The van der Waals surface area contributed by atoms with Crippen LogP contribution < -0.4 is 14.3 Å². The van der Waals surface area contributed by atoms with Crippen molar-refractivity contribution in [3.05, 3.63) is 47.0 Å². The lowest BCUT2D eigenvalue weighted by Crippen LogP contribution is -2.13. The molecule has 1 aliphatic rings. The number of sulfonamides is 1. The number of benzene rings is 2. The molecule has 0 aliphatic carbocycles. The van der Waals surface area contributed by atoms with Crippen LogP contribution in [-0.2, 0) is 17.1 Å². The molecule has 0 saturated heterocycles. The summed E-state index contributed by atoms with van der Waals surface area (Å²) in [6.45, 7) is 0.173. The molecule has 24 heavy (non-hydrogen) atoms. The van der Waals surface area contributed by atoms with E-state index in [2.05, 4.69) is 4.40 Å². The largest absolute Gasteiger partial charge is 0.454 e. The summed E-state index contributed by atoms with van der Waals surface area (Å²) in [7, 11) is -2.20. The number of thiazole rings is 1. The van der Waals surface area contributed by atoms with Crippen LogP contribution in [0.5, 0.6) is 11.5 Å². The van der Waals surface area contributed by atoms with Crippen molar-refractivity contribution in [2.75, 3.05) is 6.79 Å². The Labute approximate surface area is 140 Å². The monoisotopic (exact) mass is 366 g/mol. The quantitative estimate of drug-likeness (QED) is 0.698. The minimum Gasteiger partial charge on any atom is -0.454 e. The lowest BCUT2D eigenvalue weighted by Gasteiger charge is -1.99. The van der Waals surface area contributed by atoms with E-state index in [4.69, 9.17) is 9.47 Å². The average molecular weight is 366 g/mol. The summed E-state index contributed by atoms with van der Waals surface area (Å²) in [5.41, 5.74) is 0.789. The molecular weight excluding hydrogens is 355 g/mol. The summed E-state index contributed by atoms with van der Waals surface area (Å²) < 4.78 is 54.8. The number of rotatable bonds is 2. The Kier molecular flexibility index (Phi) is 3.36. The van der Waals surface area contributed by atoms with Crippen molar-refractivity contribution in [1.82, 2.24) is 4.57 Å². The molecule has 2 aromatic carbocycles. The number of ether oxygens (including phenoxy) is 2. The summed E-state index contributed by atoms with van der Waals surface area (Å²) in [6, 6.07) is 8.15. The molecule has 0 bridgehead atoms. The van der Waals surface area contributed by atoms with Crippen LogP contribution in [0.15, 0.2) is 45.7 Å². The van der Waals surface area contributed by atoms with Gasteiger partial charge in [-0.25, -0.2) is 4.39 Å². The standard InChI is InChI=1S/C15H11FN2O4S2/c1-18-11-6-12-13(22-8-21-12)7-14(11)23-15(18)17-24(19,20)10-4-2-9(16)3-5-10/h2-7H,8H2,1H3.